The fraction of sp³-hybridized carbons (Fsp3) is 0.267. The smallest absolute Gasteiger partial charge is 0.265 e. The summed E-state index contributed by atoms with van der Waals surface area (Å²) in [5.41, 5.74) is 0.0924. The van der Waals surface area contributed by atoms with Crippen LogP contribution in [-0.2, 0) is 9.59 Å². The topological polar surface area (TPSA) is 81.1 Å². The van der Waals surface area contributed by atoms with Gasteiger partial charge in [0.1, 0.15) is 17.1 Å². The number of hydrogen-bond donors (Lipinski definition) is 2. The minimum Gasteiger partial charge on any atom is -0.508 e. The van der Waals surface area contributed by atoms with Gasteiger partial charge in [0.05, 0.1) is 0 Å². The SMILES string of the molecule is CCN1C(=O)C(=Cc2cc(O)ccc2O)C(=O)N(CC)C1=S. The van der Waals surface area contributed by atoms with Crippen LogP contribution in [0.4, 0.5) is 0 Å². The largest absolute Gasteiger partial charge is 0.508 e. The van der Waals surface area contributed by atoms with Crippen molar-refractivity contribution in [1.82, 2.24) is 9.80 Å². The summed E-state index contributed by atoms with van der Waals surface area (Å²) in [6, 6.07) is 3.88. The summed E-state index contributed by atoms with van der Waals surface area (Å²) >= 11 is 5.16. The van der Waals surface area contributed by atoms with E-state index in [-0.39, 0.29) is 27.7 Å². The molecule has 2 rings (SSSR count). The molecule has 0 aromatic heterocycles. The third-order valence-corrected chi connectivity index (χ3v) is 3.80. The highest BCUT2D eigenvalue weighted by Crippen LogP contribution is 2.27. The predicted octanol–water partition coefficient (Wildman–Crippen LogP) is 1.48. The Bertz CT molecular complexity index is 656. The quantitative estimate of drug-likeness (QED) is 0.381. The molecule has 0 atom stereocenters. The van der Waals surface area contributed by atoms with Crippen molar-refractivity contribution in [1.29, 1.82) is 0 Å². The molecule has 22 heavy (non-hydrogen) atoms. The Hall–Kier alpha value is -2.41. The summed E-state index contributed by atoms with van der Waals surface area (Å²) in [5, 5.41) is 19.5. The van der Waals surface area contributed by atoms with Gasteiger partial charge in [-0.2, -0.15) is 0 Å². The molecule has 1 aromatic carbocycles. The Morgan fingerprint density at radius 3 is 2.14 bits per heavy atom. The molecule has 116 valence electrons. The van der Waals surface area contributed by atoms with Gasteiger partial charge in [0, 0.05) is 18.7 Å². The molecule has 1 saturated heterocycles. The van der Waals surface area contributed by atoms with Crippen LogP contribution in [-0.4, -0.2) is 50.0 Å². The number of carbonyl (C=O) groups excluding carboxylic acids is 2. The fourth-order valence-corrected chi connectivity index (χ4v) is 2.62. The van der Waals surface area contributed by atoms with Gasteiger partial charge in [-0.3, -0.25) is 19.4 Å². The first kappa shape index (κ1) is 16.0. The van der Waals surface area contributed by atoms with Crippen molar-refractivity contribution in [3.05, 3.63) is 29.3 Å². The highest BCUT2D eigenvalue weighted by Gasteiger charge is 2.37. The molecule has 2 N–H and O–H groups in total. The number of phenolic OH excluding ortho intramolecular Hbond substituents is 2. The Labute approximate surface area is 133 Å². The summed E-state index contributed by atoms with van der Waals surface area (Å²) in [5.74, 6) is -1.23. The highest BCUT2D eigenvalue weighted by molar-refractivity contribution is 7.80. The van der Waals surface area contributed by atoms with E-state index in [1.165, 1.54) is 34.1 Å². The first-order valence-electron chi connectivity index (χ1n) is 6.82. The van der Waals surface area contributed by atoms with Gasteiger partial charge in [-0.05, 0) is 50.3 Å². The van der Waals surface area contributed by atoms with Crippen LogP contribution in [0.25, 0.3) is 6.08 Å². The maximum atomic E-state index is 12.4. The van der Waals surface area contributed by atoms with Crippen molar-refractivity contribution in [2.45, 2.75) is 13.8 Å². The van der Waals surface area contributed by atoms with Gasteiger partial charge in [0.25, 0.3) is 11.8 Å². The Balaban J connectivity index is 2.53. The van der Waals surface area contributed by atoms with Crippen molar-refractivity contribution < 1.29 is 19.8 Å². The zero-order chi connectivity index (χ0) is 16.4. The van der Waals surface area contributed by atoms with E-state index in [0.717, 1.165) is 0 Å². The first-order chi connectivity index (χ1) is 10.4. The number of hydrogen-bond acceptors (Lipinski definition) is 5. The molecule has 1 aromatic rings. The van der Waals surface area contributed by atoms with Gasteiger partial charge in [-0.15, -0.1) is 0 Å². The molecule has 7 heteroatoms. The number of aromatic hydroxyl groups is 2. The lowest BCUT2D eigenvalue weighted by atomic mass is 10.1. The molecule has 2 amide bonds. The van der Waals surface area contributed by atoms with Crippen LogP contribution in [0.1, 0.15) is 19.4 Å². The van der Waals surface area contributed by atoms with Crippen molar-refractivity contribution in [2.75, 3.05) is 13.1 Å². The fourth-order valence-electron chi connectivity index (χ4n) is 2.20. The van der Waals surface area contributed by atoms with E-state index < -0.39 is 11.8 Å². The van der Waals surface area contributed by atoms with Crippen LogP contribution in [0, 0.1) is 0 Å². The molecule has 0 radical (unpaired) electrons. The van der Waals surface area contributed by atoms with Gasteiger partial charge >= 0.3 is 0 Å². The maximum Gasteiger partial charge on any atom is 0.265 e. The molecule has 0 bridgehead atoms. The normalized spacial score (nSPS) is 15.5. The molecule has 0 aliphatic carbocycles. The Morgan fingerprint density at radius 1 is 1.09 bits per heavy atom. The van der Waals surface area contributed by atoms with Crippen LogP contribution < -0.4 is 0 Å². The Kier molecular flexibility index (Phi) is 4.46. The second kappa shape index (κ2) is 6.15. The second-order valence-corrected chi connectivity index (χ2v) is 5.05. The van der Waals surface area contributed by atoms with Gasteiger partial charge in [-0.1, -0.05) is 0 Å². The van der Waals surface area contributed by atoms with Gasteiger partial charge in [-0.25, -0.2) is 0 Å². The van der Waals surface area contributed by atoms with Crippen LogP contribution in [0.15, 0.2) is 23.8 Å². The third-order valence-electron chi connectivity index (χ3n) is 3.36. The van der Waals surface area contributed by atoms with E-state index in [0.29, 0.717) is 13.1 Å². The molecular weight excluding hydrogens is 304 g/mol. The lowest BCUT2D eigenvalue weighted by Crippen LogP contribution is -2.55. The zero-order valence-corrected chi connectivity index (χ0v) is 13.1. The summed E-state index contributed by atoms with van der Waals surface area (Å²) < 4.78 is 0. The number of benzene rings is 1. The second-order valence-electron chi connectivity index (χ2n) is 4.68. The zero-order valence-electron chi connectivity index (χ0n) is 12.2. The molecule has 0 spiro atoms. The standard InChI is InChI=1S/C15H16N2O4S/c1-3-16-13(20)11(14(21)17(4-2)15(16)22)8-9-7-10(18)5-6-12(9)19/h5-8,18-19H,3-4H2,1-2H3. The molecule has 0 unspecified atom stereocenters. The minimum absolute atomic E-state index is 0.0735. The summed E-state index contributed by atoms with van der Waals surface area (Å²) in [6.45, 7) is 4.20. The van der Waals surface area contributed by atoms with E-state index >= 15 is 0 Å². The molecule has 1 heterocycles. The molecule has 1 aliphatic heterocycles. The van der Waals surface area contributed by atoms with E-state index in [9.17, 15) is 19.8 Å². The maximum absolute atomic E-state index is 12.4. The molecular formula is C15H16N2O4S. The van der Waals surface area contributed by atoms with Crippen molar-refractivity contribution in [2.24, 2.45) is 0 Å². The molecule has 0 saturated carbocycles. The Morgan fingerprint density at radius 2 is 1.64 bits per heavy atom. The van der Waals surface area contributed by atoms with E-state index in [4.69, 9.17) is 12.2 Å². The number of amides is 2. The average molecular weight is 320 g/mol. The van der Waals surface area contributed by atoms with Crippen LogP contribution in [0.3, 0.4) is 0 Å². The molecule has 6 nitrogen and oxygen atoms in total. The van der Waals surface area contributed by atoms with Crippen LogP contribution in [0.5, 0.6) is 11.5 Å². The lowest BCUT2D eigenvalue weighted by Gasteiger charge is -2.35. The monoisotopic (exact) mass is 320 g/mol. The average Bonchev–Trinajstić information content (AvgIpc) is 2.48. The summed E-state index contributed by atoms with van der Waals surface area (Å²) in [6.07, 6.45) is 1.27. The van der Waals surface area contributed by atoms with Gasteiger partial charge < -0.3 is 10.2 Å². The number of likely N-dealkylation sites (N-methyl/N-ethyl adjacent to an activating group) is 2. The van der Waals surface area contributed by atoms with Crippen molar-refractivity contribution >= 4 is 35.2 Å². The van der Waals surface area contributed by atoms with Crippen molar-refractivity contribution in [3.8, 4) is 11.5 Å². The minimum atomic E-state index is -0.509. The highest BCUT2D eigenvalue weighted by atomic mass is 32.1. The van der Waals surface area contributed by atoms with Crippen LogP contribution >= 0.6 is 12.2 Å². The number of thiocarbonyl (C=S) groups is 1. The molecule has 1 aliphatic rings. The van der Waals surface area contributed by atoms with Gasteiger partial charge in [0.2, 0.25) is 0 Å². The van der Waals surface area contributed by atoms with Crippen molar-refractivity contribution in [3.63, 3.8) is 0 Å². The van der Waals surface area contributed by atoms with E-state index in [2.05, 4.69) is 0 Å². The van der Waals surface area contributed by atoms with E-state index in [1.807, 2.05) is 0 Å². The number of carbonyl (C=O) groups is 2. The predicted molar refractivity (Wildman–Crippen MR) is 85.1 cm³/mol. The number of phenols is 2. The summed E-state index contributed by atoms with van der Waals surface area (Å²) in [7, 11) is 0. The third kappa shape index (κ3) is 2.67. The molecule has 1 fully saturated rings. The lowest BCUT2D eigenvalue weighted by molar-refractivity contribution is -0.133. The number of nitrogens with zero attached hydrogens (tertiary/aromatic N) is 2. The van der Waals surface area contributed by atoms with Crippen LogP contribution in [0.2, 0.25) is 0 Å². The van der Waals surface area contributed by atoms with E-state index in [1.54, 1.807) is 13.8 Å². The summed E-state index contributed by atoms with van der Waals surface area (Å²) in [4.78, 5) is 27.5. The first-order valence-corrected chi connectivity index (χ1v) is 7.22. The number of rotatable bonds is 3. The van der Waals surface area contributed by atoms with Gasteiger partial charge in [0.15, 0.2) is 5.11 Å².